The first-order chi connectivity index (χ1) is 9.45. The Morgan fingerprint density at radius 3 is 2.35 bits per heavy atom. The van der Waals surface area contributed by atoms with Gasteiger partial charge in [-0.25, -0.2) is 4.39 Å². The summed E-state index contributed by atoms with van der Waals surface area (Å²) in [5, 5.41) is 4.65. The van der Waals surface area contributed by atoms with E-state index in [9.17, 15) is 4.39 Å². The minimum atomic E-state index is -0.239. The molecule has 0 aromatic heterocycles. The van der Waals surface area contributed by atoms with E-state index in [4.69, 9.17) is 34.8 Å². The van der Waals surface area contributed by atoms with Crippen molar-refractivity contribution < 1.29 is 4.39 Å². The minimum Gasteiger partial charge on any atom is -0.380 e. The van der Waals surface area contributed by atoms with Gasteiger partial charge in [-0.2, -0.15) is 0 Å². The highest BCUT2D eigenvalue weighted by molar-refractivity contribution is 6.41. The van der Waals surface area contributed by atoms with Crippen molar-refractivity contribution in [3.8, 4) is 0 Å². The maximum Gasteiger partial charge on any atom is 0.123 e. The second-order valence-corrected chi connectivity index (χ2v) is 5.87. The van der Waals surface area contributed by atoms with Crippen molar-refractivity contribution in [1.29, 1.82) is 0 Å². The minimum absolute atomic E-state index is 0.0491. The summed E-state index contributed by atoms with van der Waals surface area (Å²) in [7, 11) is 0. The SMILES string of the molecule is CC(Cc1cccc(F)c1)Nc1c(Cl)cc(Cl)cc1Cl. The van der Waals surface area contributed by atoms with Gasteiger partial charge in [0.25, 0.3) is 0 Å². The summed E-state index contributed by atoms with van der Waals surface area (Å²) in [5.41, 5.74) is 1.55. The first kappa shape index (κ1) is 15.4. The molecule has 1 nitrogen and oxygen atoms in total. The zero-order valence-corrected chi connectivity index (χ0v) is 13.0. The van der Waals surface area contributed by atoms with Crippen LogP contribution in [0.15, 0.2) is 36.4 Å². The van der Waals surface area contributed by atoms with E-state index in [1.165, 1.54) is 12.1 Å². The van der Waals surface area contributed by atoms with Crippen LogP contribution in [0.1, 0.15) is 12.5 Å². The Labute approximate surface area is 132 Å². The largest absolute Gasteiger partial charge is 0.380 e. The standard InChI is InChI=1S/C15H13Cl3FN/c1-9(5-10-3-2-4-12(19)6-10)20-15-13(17)7-11(16)8-14(15)18/h2-4,6-9,20H,5H2,1H3. The molecule has 0 spiro atoms. The molecule has 2 aromatic rings. The molecule has 20 heavy (non-hydrogen) atoms. The van der Waals surface area contributed by atoms with Crippen molar-refractivity contribution in [3.05, 3.63) is 62.8 Å². The second-order valence-electron chi connectivity index (χ2n) is 4.62. The first-order valence-electron chi connectivity index (χ1n) is 6.11. The molecular formula is C15H13Cl3FN. The van der Waals surface area contributed by atoms with Crippen LogP contribution < -0.4 is 5.32 Å². The highest BCUT2D eigenvalue weighted by atomic mass is 35.5. The van der Waals surface area contributed by atoms with Crippen LogP contribution >= 0.6 is 34.8 Å². The number of hydrogen-bond acceptors (Lipinski definition) is 1. The number of benzene rings is 2. The smallest absolute Gasteiger partial charge is 0.123 e. The van der Waals surface area contributed by atoms with Gasteiger partial charge in [-0.05, 0) is 43.2 Å². The van der Waals surface area contributed by atoms with Gasteiger partial charge in [0.1, 0.15) is 5.82 Å². The van der Waals surface area contributed by atoms with Crippen LogP contribution in [0.25, 0.3) is 0 Å². The van der Waals surface area contributed by atoms with E-state index < -0.39 is 0 Å². The number of rotatable bonds is 4. The van der Waals surface area contributed by atoms with Gasteiger partial charge < -0.3 is 5.32 Å². The lowest BCUT2D eigenvalue weighted by Gasteiger charge is -2.18. The maximum atomic E-state index is 13.1. The van der Waals surface area contributed by atoms with Crippen LogP contribution in [0.2, 0.25) is 15.1 Å². The van der Waals surface area contributed by atoms with Crippen LogP contribution in [0.5, 0.6) is 0 Å². The van der Waals surface area contributed by atoms with E-state index in [0.717, 1.165) is 5.56 Å². The third-order valence-corrected chi connectivity index (χ3v) is 3.64. The molecule has 2 rings (SSSR count). The number of nitrogens with one attached hydrogen (secondary N) is 1. The van der Waals surface area contributed by atoms with Crippen LogP contribution in [-0.4, -0.2) is 6.04 Å². The molecule has 0 aliphatic carbocycles. The molecular weight excluding hydrogens is 320 g/mol. The second kappa shape index (κ2) is 6.66. The topological polar surface area (TPSA) is 12.0 Å². The van der Waals surface area contributed by atoms with Gasteiger partial charge in [0, 0.05) is 11.1 Å². The predicted molar refractivity (Wildman–Crippen MR) is 84.7 cm³/mol. The lowest BCUT2D eigenvalue weighted by atomic mass is 10.1. The molecule has 0 fully saturated rings. The fourth-order valence-corrected chi connectivity index (χ4v) is 2.92. The van der Waals surface area contributed by atoms with Gasteiger partial charge in [-0.1, -0.05) is 46.9 Å². The first-order valence-corrected chi connectivity index (χ1v) is 7.24. The third kappa shape index (κ3) is 4.02. The van der Waals surface area contributed by atoms with Gasteiger partial charge in [-0.15, -0.1) is 0 Å². The fraction of sp³-hybridized carbons (Fsp3) is 0.200. The normalized spacial score (nSPS) is 12.2. The van der Waals surface area contributed by atoms with E-state index in [1.54, 1.807) is 18.2 Å². The quantitative estimate of drug-likeness (QED) is 0.743. The highest BCUT2D eigenvalue weighted by Gasteiger charge is 2.11. The van der Waals surface area contributed by atoms with E-state index in [2.05, 4.69) is 5.32 Å². The molecule has 0 bridgehead atoms. The lowest BCUT2D eigenvalue weighted by Crippen LogP contribution is -2.18. The average molecular weight is 333 g/mol. The van der Waals surface area contributed by atoms with Crippen molar-refractivity contribution >= 4 is 40.5 Å². The summed E-state index contributed by atoms with van der Waals surface area (Å²) < 4.78 is 13.1. The summed E-state index contributed by atoms with van der Waals surface area (Å²) >= 11 is 18.1. The van der Waals surface area contributed by atoms with E-state index in [-0.39, 0.29) is 11.9 Å². The molecule has 0 aliphatic rings. The van der Waals surface area contributed by atoms with Crippen LogP contribution in [0, 0.1) is 5.82 Å². The Bertz CT molecular complexity index is 593. The lowest BCUT2D eigenvalue weighted by molar-refractivity contribution is 0.624. The summed E-state index contributed by atoms with van der Waals surface area (Å²) in [6.07, 6.45) is 0.660. The van der Waals surface area contributed by atoms with Crippen molar-refractivity contribution in [2.24, 2.45) is 0 Å². The van der Waals surface area contributed by atoms with Crippen LogP contribution in [-0.2, 0) is 6.42 Å². The van der Waals surface area contributed by atoms with Gasteiger partial charge in [-0.3, -0.25) is 0 Å². The maximum absolute atomic E-state index is 13.1. The van der Waals surface area contributed by atoms with Crippen molar-refractivity contribution in [1.82, 2.24) is 0 Å². The van der Waals surface area contributed by atoms with Crippen LogP contribution in [0.4, 0.5) is 10.1 Å². The monoisotopic (exact) mass is 331 g/mol. The Morgan fingerprint density at radius 2 is 1.75 bits per heavy atom. The van der Waals surface area contributed by atoms with Gasteiger partial charge in [0.05, 0.1) is 15.7 Å². The third-order valence-electron chi connectivity index (χ3n) is 2.83. The Kier molecular flexibility index (Phi) is 5.14. The van der Waals surface area contributed by atoms with Crippen molar-refractivity contribution in [3.63, 3.8) is 0 Å². The van der Waals surface area contributed by atoms with E-state index >= 15 is 0 Å². The van der Waals surface area contributed by atoms with E-state index in [1.807, 2.05) is 13.0 Å². The molecule has 5 heteroatoms. The molecule has 0 radical (unpaired) electrons. The van der Waals surface area contributed by atoms with E-state index in [0.29, 0.717) is 27.2 Å². The molecule has 0 saturated carbocycles. The zero-order valence-electron chi connectivity index (χ0n) is 10.8. The van der Waals surface area contributed by atoms with Crippen molar-refractivity contribution in [2.75, 3.05) is 5.32 Å². The summed E-state index contributed by atoms with van der Waals surface area (Å²) in [6.45, 7) is 1.98. The molecule has 1 unspecified atom stereocenters. The summed E-state index contributed by atoms with van der Waals surface area (Å²) in [5.74, 6) is -0.239. The number of anilines is 1. The molecule has 0 heterocycles. The van der Waals surface area contributed by atoms with Gasteiger partial charge in [0.2, 0.25) is 0 Å². The molecule has 0 saturated heterocycles. The molecule has 2 aromatic carbocycles. The number of hydrogen-bond donors (Lipinski definition) is 1. The number of halogens is 4. The van der Waals surface area contributed by atoms with Crippen molar-refractivity contribution in [2.45, 2.75) is 19.4 Å². The molecule has 1 atom stereocenters. The molecule has 106 valence electrons. The Balaban J connectivity index is 2.10. The molecule has 0 aliphatic heterocycles. The van der Waals surface area contributed by atoms with Gasteiger partial charge >= 0.3 is 0 Å². The highest BCUT2D eigenvalue weighted by Crippen LogP contribution is 2.34. The predicted octanol–water partition coefficient (Wildman–Crippen LogP) is 5.83. The fourth-order valence-electron chi connectivity index (χ4n) is 2.00. The average Bonchev–Trinajstić information content (AvgIpc) is 2.33. The summed E-state index contributed by atoms with van der Waals surface area (Å²) in [6, 6.07) is 9.83. The Hall–Kier alpha value is -0.960. The van der Waals surface area contributed by atoms with Gasteiger partial charge in [0.15, 0.2) is 0 Å². The van der Waals surface area contributed by atoms with Crippen LogP contribution in [0.3, 0.4) is 0 Å². The zero-order chi connectivity index (χ0) is 14.7. The Morgan fingerprint density at radius 1 is 1.10 bits per heavy atom. The molecule has 0 amide bonds. The molecule has 1 N–H and O–H groups in total. The summed E-state index contributed by atoms with van der Waals surface area (Å²) in [4.78, 5) is 0.